The van der Waals surface area contributed by atoms with Gasteiger partial charge in [0, 0.05) is 31.0 Å². The molecule has 0 saturated heterocycles. The van der Waals surface area contributed by atoms with Crippen LogP contribution in [-0.2, 0) is 4.79 Å². The Kier molecular flexibility index (Phi) is 9.00. The van der Waals surface area contributed by atoms with Crippen molar-refractivity contribution in [3.63, 3.8) is 0 Å². The number of carbonyl (C=O) groups is 1. The van der Waals surface area contributed by atoms with E-state index in [1.54, 1.807) is 6.08 Å². The molecule has 200 valence electrons. The number of carbonyl (C=O) groups excluding carboxylic acids is 1. The maximum Gasteiger partial charge on any atom is 0.207 e. The van der Waals surface area contributed by atoms with Crippen LogP contribution in [0.1, 0.15) is 46.9 Å². The van der Waals surface area contributed by atoms with Gasteiger partial charge in [-0.15, -0.1) is 0 Å². The summed E-state index contributed by atoms with van der Waals surface area (Å²) in [6, 6.07) is 41.7. The smallest absolute Gasteiger partial charge is 0.207 e. The Morgan fingerprint density at radius 1 is 0.600 bits per heavy atom. The van der Waals surface area contributed by atoms with E-state index in [1.807, 2.05) is 24.3 Å². The van der Waals surface area contributed by atoms with Crippen LogP contribution in [-0.4, -0.2) is 29.7 Å². The highest BCUT2D eigenvalue weighted by molar-refractivity contribution is 6.49. The molecule has 2 N–H and O–H groups in total. The Morgan fingerprint density at radius 3 is 1.48 bits per heavy atom. The van der Waals surface area contributed by atoms with Crippen LogP contribution in [0.15, 0.2) is 150 Å². The second-order valence-electron chi connectivity index (χ2n) is 9.97. The van der Waals surface area contributed by atoms with Gasteiger partial charge >= 0.3 is 0 Å². The van der Waals surface area contributed by atoms with E-state index < -0.39 is 0 Å². The summed E-state index contributed by atoms with van der Waals surface area (Å²) in [5, 5.41) is 13.9. The Morgan fingerprint density at radius 2 is 1.02 bits per heavy atom. The van der Waals surface area contributed by atoms with E-state index >= 15 is 0 Å². The van der Waals surface area contributed by atoms with Gasteiger partial charge in [0.15, 0.2) is 0 Å². The molecule has 5 rings (SSSR count). The number of rotatable bonds is 11. The van der Waals surface area contributed by atoms with Gasteiger partial charge < -0.3 is 10.4 Å². The molecule has 4 nitrogen and oxygen atoms in total. The van der Waals surface area contributed by atoms with Crippen LogP contribution in [0, 0.1) is 0 Å². The van der Waals surface area contributed by atoms with E-state index in [-0.39, 0.29) is 23.4 Å². The van der Waals surface area contributed by atoms with Crippen LogP contribution in [0.2, 0.25) is 0 Å². The van der Waals surface area contributed by atoms with Crippen LogP contribution < -0.4 is 5.32 Å². The van der Waals surface area contributed by atoms with Gasteiger partial charge in [-0.1, -0.05) is 121 Å². The van der Waals surface area contributed by atoms with Crippen LogP contribution >= 0.6 is 0 Å². The normalized spacial score (nSPS) is 14.3. The fourth-order valence-corrected chi connectivity index (χ4v) is 5.28. The molecule has 0 spiro atoms. The van der Waals surface area contributed by atoms with Crippen LogP contribution in [0.25, 0.3) is 0 Å². The molecule has 0 heterocycles. The van der Waals surface area contributed by atoms with Crippen LogP contribution in [0.3, 0.4) is 0 Å². The zero-order valence-electron chi connectivity index (χ0n) is 22.5. The summed E-state index contributed by atoms with van der Waals surface area (Å²) >= 11 is 0. The van der Waals surface area contributed by atoms with Gasteiger partial charge in [-0.05, 0) is 41.2 Å². The van der Waals surface area contributed by atoms with Crippen molar-refractivity contribution in [2.75, 3.05) is 13.1 Å². The summed E-state index contributed by atoms with van der Waals surface area (Å²) in [6.07, 6.45) is 4.54. The number of nitrogens with one attached hydrogen (secondary N) is 1. The first-order valence-corrected chi connectivity index (χ1v) is 13.8. The van der Waals surface area contributed by atoms with Gasteiger partial charge in [0.05, 0.1) is 5.70 Å². The Hall–Kier alpha value is -4.70. The lowest BCUT2D eigenvalue weighted by atomic mass is 9.88. The maximum atomic E-state index is 12.7. The molecule has 0 unspecified atom stereocenters. The largest absolute Gasteiger partial charge is 0.506 e. The van der Waals surface area contributed by atoms with E-state index in [2.05, 4.69) is 107 Å². The van der Waals surface area contributed by atoms with Gasteiger partial charge in [0.2, 0.25) is 5.78 Å². The summed E-state index contributed by atoms with van der Waals surface area (Å²) in [7, 11) is 0. The van der Waals surface area contributed by atoms with Crippen molar-refractivity contribution in [1.29, 1.82) is 0 Å². The average molecular weight is 527 g/mol. The monoisotopic (exact) mass is 526 g/mol. The Bertz CT molecular complexity index is 1400. The number of hydrogen-bond donors (Lipinski definition) is 2. The molecule has 4 aromatic carbocycles. The molecule has 1 aliphatic rings. The topological polar surface area (TPSA) is 61.7 Å². The minimum absolute atomic E-state index is 0.0497. The molecule has 1 aliphatic carbocycles. The van der Waals surface area contributed by atoms with Crippen molar-refractivity contribution >= 4 is 11.5 Å². The quantitative estimate of drug-likeness (QED) is 0.201. The summed E-state index contributed by atoms with van der Waals surface area (Å²) < 4.78 is 0. The molecular weight excluding hydrogens is 492 g/mol. The van der Waals surface area contributed by atoms with Crippen molar-refractivity contribution in [1.82, 2.24) is 5.32 Å². The number of benzene rings is 4. The van der Waals surface area contributed by atoms with E-state index in [1.165, 1.54) is 28.3 Å². The van der Waals surface area contributed by atoms with Gasteiger partial charge in [0.25, 0.3) is 0 Å². The molecule has 0 aromatic heterocycles. The number of aliphatic hydroxyl groups is 1. The van der Waals surface area contributed by atoms with Crippen molar-refractivity contribution < 1.29 is 9.90 Å². The van der Waals surface area contributed by atoms with E-state index in [4.69, 9.17) is 0 Å². The van der Waals surface area contributed by atoms with Crippen LogP contribution in [0.5, 0.6) is 0 Å². The highest BCUT2D eigenvalue weighted by Gasteiger charge is 2.20. The van der Waals surface area contributed by atoms with Gasteiger partial charge in [0.1, 0.15) is 11.5 Å². The molecule has 0 radical (unpaired) electrons. The fourth-order valence-electron chi connectivity index (χ4n) is 5.28. The lowest BCUT2D eigenvalue weighted by Crippen LogP contribution is -2.25. The molecule has 0 aliphatic heterocycles. The summed E-state index contributed by atoms with van der Waals surface area (Å²) in [6.45, 7) is 1.13. The second-order valence-corrected chi connectivity index (χ2v) is 9.97. The molecule has 40 heavy (non-hydrogen) atoms. The van der Waals surface area contributed by atoms with E-state index in [0.29, 0.717) is 24.5 Å². The molecular formula is C36H34N2O2. The predicted molar refractivity (Wildman–Crippen MR) is 163 cm³/mol. The summed E-state index contributed by atoms with van der Waals surface area (Å²) in [5.41, 5.74) is 5.84. The van der Waals surface area contributed by atoms with E-state index in [9.17, 15) is 9.90 Å². The third kappa shape index (κ3) is 6.83. The standard InChI is InChI=1S/C36H34N2O2/c39-35-26-36(40)34(38-24-22-32(29-17-9-3-10-18-29)30-19-11-4-12-20-30)25-33(35)37-23-21-31(27-13-5-1-6-14-27)28-15-7-2-8-16-28/h1-20,25-26,31-32,37,39H,21-24H2. The predicted octanol–water partition coefficient (Wildman–Crippen LogP) is 7.37. The Balaban J connectivity index is 1.27. The van der Waals surface area contributed by atoms with Crippen molar-refractivity contribution in [3.05, 3.63) is 167 Å². The van der Waals surface area contributed by atoms with Crippen molar-refractivity contribution in [2.24, 2.45) is 4.99 Å². The SMILES string of the molecule is O=C1C=C(O)C(NCCC(c2ccccc2)c2ccccc2)=CC1=NCCC(c1ccccc1)c1ccccc1. The molecule has 0 saturated carbocycles. The number of nitrogens with zero attached hydrogens (tertiary/aromatic N) is 1. The zero-order chi connectivity index (χ0) is 27.6. The fraction of sp³-hybridized carbons (Fsp3) is 0.167. The number of aliphatic imine (C=N–C) groups is 1. The third-order valence-electron chi connectivity index (χ3n) is 7.33. The number of hydrogen-bond acceptors (Lipinski definition) is 4. The minimum Gasteiger partial charge on any atom is -0.506 e. The lowest BCUT2D eigenvalue weighted by Gasteiger charge is -2.20. The third-order valence-corrected chi connectivity index (χ3v) is 7.33. The summed E-state index contributed by atoms with van der Waals surface area (Å²) in [5.74, 6) is 0.0774. The molecule has 0 amide bonds. The lowest BCUT2D eigenvalue weighted by molar-refractivity contribution is -0.109. The minimum atomic E-state index is -0.273. The molecule has 4 heteroatoms. The van der Waals surface area contributed by atoms with E-state index in [0.717, 1.165) is 12.8 Å². The first-order valence-electron chi connectivity index (χ1n) is 13.8. The summed E-state index contributed by atoms with van der Waals surface area (Å²) in [4.78, 5) is 17.4. The first-order chi connectivity index (χ1) is 19.7. The molecule has 0 atom stereocenters. The highest BCUT2D eigenvalue weighted by Crippen LogP contribution is 2.29. The van der Waals surface area contributed by atoms with Gasteiger partial charge in [-0.3, -0.25) is 9.79 Å². The second kappa shape index (κ2) is 13.4. The van der Waals surface area contributed by atoms with Gasteiger partial charge in [-0.2, -0.15) is 0 Å². The number of allylic oxidation sites excluding steroid dienone is 2. The van der Waals surface area contributed by atoms with Crippen LogP contribution in [0.4, 0.5) is 0 Å². The highest BCUT2D eigenvalue weighted by atomic mass is 16.3. The zero-order valence-corrected chi connectivity index (χ0v) is 22.5. The molecule has 4 aromatic rings. The van der Waals surface area contributed by atoms with Gasteiger partial charge in [-0.25, -0.2) is 0 Å². The number of aliphatic hydroxyl groups excluding tert-OH is 1. The van der Waals surface area contributed by atoms with Crippen molar-refractivity contribution in [2.45, 2.75) is 24.7 Å². The Labute approximate surface area is 236 Å². The molecule has 0 fully saturated rings. The number of ketones is 1. The average Bonchev–Trinajstić information content (AvgIpc) is 3.01. The van der Waals surface area contributed by atoms with Crippen molar-refractivity contribution in [3.8, 4) is 0 Å². The maximum absolute atomic E-state index is 12.7. The molecule has 0 bridgehead atoms. The first kappa shape index (κ1) is 26.9.